The molecule has 0 saturated carbocycles. The maximum atomic E-state index is 4.85. The van der Waals surface area contributed by atoms with Gasteiger partial charge in [-0.1, -0.05) is 0 Å². The van der Waals surface area contributed by atoms with Crippen LogP contribution in [0.5, 0.6) is 0 Å². The second kappa shape index (κ2) is 19.3. The van der Waals surface area contributed by atoms with Gasteiger partial charge < -0.3 is 11.6 Å². The van der Waals surface area contributed by atoms with Crippen LogP contribution in [0.4, 0.5) is 0 Å². The van der Waals surface area contributed by atoms with Crippen molar-refractivity contribution in [3.05, 3.63) is 0 Å². The van der Waals surface area contributed by atoms with Crippen molar-refractivity contribution in [2.24, 2.45) is 0 Å². The molecule has 0 aromatic heterocycles. The molecule has 0 aliphatic carbocycles. The molecule has 5 heteroatoms. The molecular weight excluding hydrogens is 202 g/mol. The molecule has 0 rings (SSSR count). The zero-order valence-corrected chi connectivity index (χ0v) is 5.57. The fraction of sp³-hybridized carbons (Fsp3) is 0. The Hall–Kier alpha value is 1.12. The summed E-state index contributed by atoms with van der Waals surface area (Å²) in [4.78, 5) is 0. The normalized spacial score (nSPS) is 4.40. The minimum atomic E-state index is -0.346. The van der Waals surface area contributed by atoms with Crippen molar-refractivity contribution in [2.45, 2.75) is 0 Å². The van der Waals surface area contributed by atoms with Crippen LogP contribution in [-0.2, 0) is 15.1 Å². The summed E-state index contributed by atoms with van der Waals surface area (Å²) in [5, 5.41) is 0. The van der Waals surface area contributed by atoms with Gasteiger partial charge in [0, 0.05) is 0 Å². The zero-order valence-electron chi connectivity index (χ0n) is 2.32. The first-order chi connectivity index (χ1) is 1.41. The molecule has 0 radical (unpaired) electrons. The van der Waals surface area contributed by atoms with Gasteiger partial charge in [0.1, 0.15) is 0 Å². The van der Waals surface area contributed by atoms with E-state index in [9.17, 15) is 0 Å². The molecule has 0 aromatic carbocycles. The van der Waals surface area contributed by atoms with E-state index in [-0.39, 0.29) is 26.8 Å². The molecule has 0 fully saturated rings. The predicted octanol–water partition coefficient (Wildman–Crippen LogP) is 0.714. The summed E-state index contributed by atoms with van der Waals surface area (Å²) in [7, 11) is 9.71. The van der Waals surface area contributed by atoms with Gasteiger partial charge in [-0.2, -0.15) is 0 Å². The summed E-state index contributed by atoms with van der Waals surface area (Å²) < 4.78 is 0. The molecule has 5 N–H and O–H groups in total. The Morgan fingerprint density at radius 3 is 1.20 bits per heavy atom. The van der Waals surface area contributed by atoms with E-state index in [0.29, 0.717) is 0 Å². The minimum absolute atomic E-state index is 0. The van der Waals surface area contributed by atoms with E-state index in [2.05, 4.69) is 0 Å². The quantitative estimate of drug-likeness (QED) is 0.584. The molecule has 0 amide bonds. The molecule has 0 unspecified atom stereocenters. The van der Waals surface area contributed by atoms with Gasteiger partial charge in [0.25, 0.3) is 0 Å². The van der Waals surface area contributed by atoms with Crippen molar-refractivity contribution in [3.63, 3.8) is 0 Å². The Balaban J connectivity index is -0.0000000200. The number of hydrogen-bond acceptors (Lipinski definition) is 1. The van der Waals surface area contributed by atoms with Crippen molar-refractivity contribution in [1.82, 2.24) is 6.15 Å². The molecule has 2 nitrogen and oxygen atoms in total. The molecule has 0 heterocycles. The molecule has 0 aromatic rings. The van der Waals surface area contributed by atoms with Crippen molar-refractivity contribution in [2.75, 3.05) is 0 Å². The average molecular weight is 207 g/mol. The van der Waals surface area contributed by atoms with Crippen molar-refractivity contribution in [1.29, 1.82) is 0 Å². The zero-order chi connectivity index (χ0) is 2.71. The van der Waals surface area contributed by atoms with Gasteiger partial charge in [0.15, 0.2) is 0 Å². The molecule has 0 atom stereocenters. The van der Waals surface area contributed by atoms with Crippen molar-refractivity contribution in [3.8, 4) is 0 Å². The Kier molecular flexibility index (Phi) is 63.7. The summed E-state index contributed by atoms with van der Waals surface area (Å²) in [5.41, 5.74) is 0. The summed E-state index contributed by atoms with van der Waals surface area (Å²) in [5.74, 6) is 0. The first kappa shape index (κ1) is 16.5. The molecule has 5 heavy (non-hydrogen) atoms. The van der Waals surface area contributed by atoms with Crippen LogP contribution in [0.2, 0.25) is 0 Å². The fourth-order valence-corrected chi connectivity index (χ4v) is 0. The standard InChI is InChI=1S/2ClH.H3N.H2O.Ru/h2*1H;1H3;1H2;/q;;;;+2/p-2. The Labute approximate surface area is 46.4 Å². The second-order valence-corrected chi connectivity index (χ2v) is 2.69. The summed E-state index contributed by atoms with van der Waals surface area (Å²) in [6, 6.07) is 0. The molecule has 0 saturated heterocycles. The number of halogens is 2. The van der Waals surface area contributed by atoms with E-state index in [1.807, 2.05) is 0 Å². The number of hydrogen-bond donors (Lipinski definition) is 1. The Morgan fingerprint density at radius 2 is 1.20 bits per heavy atom. The molecule has 38 valence electrons. The first-order valence-electron chi connectivity index (χ1n) is 0.267. The van der Waals surface area contributed by atoms with Gasteiger partial charge in [0.2, 0.25) is 0 Å². The van der Waals surface area contributed by atoms with Crippen LogP contribution in [0.15, 0.2) is 0 Å². The SMILES string of the molecule is N.O.[Cl][Ru][Cl]. The van der Waals surface area contributed by atoms with Crippen LogP contribution in [0.3, 0.4) is 0 Å². The number of rotatable bonds is 0. The van der Waals surface area contributed by atoms with Gasteiger partial charge in [-0.3, -0.25) is 0 Å². The summed E-state index contributed by atoms with van der Waals surface area (Å²) in [6.07, 6.45) is 0. The van der Waals surface area contributed by atoms with Crippen LogP contribution < -0.4 is 6.15 Å². The van der Waals surface area contributed by atoms with E-state index in [1.165, 1.54) is 0 Å². The summed E-state index contributed by atoms with van der Waals surface area (Å²) >= 11 is -0.346. The second-order valence-electron chi connectivity index (χ2n) is 0.0505. The molecule has 0 aliphatic rings. The van der Waals surface area contributed by atoms with Crippen LogP contribution in [0.25, 0.3) is 0 Å². The average Bonchev–Trinajstić information content (AvgIpc) is 0.918. The van der Waals surface area contributed by atoms with Gasteiger partial charge in [-0.15, -0.1) is 0 Å². The third-order valence-corrected chi connectivity index (χ3v) is 0. The van der Waals surface area contributed by atoms with E-state index >= 15 is 0 Å². The van der Waals surface area contributed by atoms with Crippen LogP contribution >= 0.6 is 19.4 Å². The van der Waals surface area contributed by atoms with Crippen LogP contribution in [-0.4, -0.2) is 5.48 Å². The molecule has 0 spiro atoms. The Bertz CT molecular complexity index is 9.61. The van der Waals surface area contributed by atoms with Gasteiger partial charge in [-0.05, 0) is 0 Å². The molecule has 0 aliphatic heterocycles. The van der Waals surface area contributed by atoms with E-state index in [4.69, 9.17) is 19.4 Å². The Morgan fingerprint density at radius 1 is 1.20 bits per heavy atom. The van der Waals surface area contributed by atoms with E-state index in [0.717, 1.165) is 0 Å². The van der Waals surface area contributed by atoms with Gasteiger partial charge in [-0.25, -0.2) is 0 Å². The van der Waals surface area contributed by atoms with E-state index < -0.39 is 0 Å². The van der Waals surface area contributed by atoms with Crippen molar-refractivity contribution >= 4 is 19.4 Å². The monoisotopic (exact) mass is 207 g/mol. The first-order valence-corrected chi connectivity index (χ1v) is 4.74. The van der Waals surface area contributed by atoms with Crippen LogP contribution in [0.1, 0.15) is 0 Å². The third kappa shape index (κ3) is 39.6. The maximum absolute atomic E-state index is 4.85. The van der Waals surface area contributed by atoms with Gasteiger partial charge >= 0.3 is 34.5 Å². The van der Waals surface area contributed by atoms with Crippen LogP contribution in [0, 0.1) is 0 Å². The third-order valence-electron chi connectivity index (χ3n) is 0. The fourth-order valence-electron chi connectivity index (χ4n) is 0. The van der Waals surface area contributed by atoms with Crippen molar-refractivity contribution < 1.29 is 20.6 Å². The topological polar surface area (TPSA) is 66.5 Å². The molecule has 0 bridgehead atoms. The molecular formula is H5Cl2NORu. The predicted molar refractivity (Wildman–Crippen MR) is 20.3 cm³/mol. The van der Waals surface area contributed by atoms with Gasteiger partial charge in [0.05, 0.1) is 0 Å². The van der Waals surface area contributed by atoms with E-state index in [1.54, 1.807) is 0 Å². The summed E-state index contributed by atoms with van der Waals surface area (Å²) in [6.45, 7) is 0.